The molecule has 3 aromatic heterocycles. The molecular weight excluding hydrogens is 494 g/mol. The van der Waals surface area contributed by atoms with Crippen LogP contribution in [-0.4, -0.2) is 45.8 Å². The number of halogens is 1. The van der Waals surface area contributed by atoms with Gasteiger partial charge in [0.2, 0.25) is 0 Å². The third kappa shape index (κ3) is 4.31. The van der Waals surface area contributed by atoms with Crippen molar-refractivity contribution in [1.82, 2.24) is 34.7 Å². The number of hydrogen-bond acceptors (Lipinski definition) is 6. The third-order valence-corrected chi connectivity index (χ3v) is 6.74. The first-order valence-electron chi connectivity index (χ1n) is 11.6. The van der Waals surface area contributed by atoms with Crippen LogP contribution in [0.25, 0.3) is 28.1 Å². The number of pyridine rings is 1. The Kier molecular flexibility index (Phi) is 5.65. The van der Waals surface area contributed by atoms with Gasteiger partial charge in [0.05, 0.1) is 30.0 Å². The Balaban J connectivity index is 1.35. The van der Waals surface area contributed by atoms with Gasteiger partial charge in [-0.15, -0.1) is 5.10 Å². The van der Waals surface area contributed by atoms with Crippen molar-refractivity contribution in [3.8, 4) is 28.1 Å². The van der Waals surface area contributed by atoms with Gasteiger partial charge in [-0.05, 0) is 70.3 Å². The Hall–Kier alpha value is -4.57. The molecule has 37 heavy (non-hydrogen) atoms. The Bertz CT molecular complexity index is 1690. The van der Waals surface area contributed by atoms with Crippen LogP contribution in [0.2, 0.25) is 5.02 Å². The molecular formula is C26H20ClN7O3. The first-order chi connectivity index (χ1) is 18.0. The molecule has 0 spiro atoms. The highest BCUT2D eigenvalue weighted by Crippen LogP contribution is 2.34. The van der Waals surface area contributed by atoms with Crippen LogP contribution in [0.15, 0.2) is 71.9 Å². The molecule has 0 aliphatic carbocycles. The van der Waals surface area contributed by atoms with E-state index in [2.05, 4.69) is 25.5 Å². The molecule has 11 heteroatoms. The van der Waals surface area contributed by atoms with E-state index >= 15 is 0 Å². The molecule has 0 bridgehead atoms. The minimum atomic E-state index is -0.883. The number of carbonyl (C=O) groups is 1. The molecule has 0 saturated carbocycles. The van der Waals surface area contributed by atoms with Crippen molar-refractivity contribution < 1.29 is 9.90 Å². The fraction of sp³-hybridized carbons (Fsp3) is 0.154. The van der Waals surface area contributed by atoms with Crippen LogP contribution in [0.4, 0.5) is 0 Å². The first kappa shape index (κ1) is 22.9. The lowest BCUT2D eigenvalue weighted by Crippen LogP contribution is -2.23. The van der Waals surface area contributed by atoms with E-state index in [0.29, 0.717) is 28.5 Å². The standard InChI is InChI=1S/C26H20ClN7O3/c27-18-4-6-22(33-14-29-31-32-33)20(12-18)17-10-19-5-7-23(34(19)24(35)11-17)26-28-13-21(30-26)16-3-1-2-15(8-16)9-25(36)37/h1-4,6,8,10-14,23H,5,7,9H2,(H,28,30)(H,36,37). The summed E-state index contributed by atoms with van der Waals surface area (Å²) < 4.78 is 3.31. The van der Waals surface area contributed by atoms with Crippen LogP contribution in [0.1, 0.15) is 29.5 Å². The lowest BCUT2D eigenvalue weighted by Gasteiger charge is -2.15. The Morgan fingerprint density at radius 1 is 1.14 bits per heavy atom. The number of fused-ring (bicyclic) bond motifs is 1. The second-order valence-corrected chi connectivity index (χ2v) is 9.30. The number of imidazole rings is 1. The molecule has 0 fully saturated rings. The van der Waals surface area contributed by atoms with Gasteiger partial charge in [-0.25, -0.2) is 4.98 Å². The maximum Gasteiger partial charge on any atom is 0.307 e. The molecule has 10 nitrogen and oxygen atoms in total. The van der Waals surface area contributed by atoms with Gasteiger partial charge in [0, 0.05) is 22.3 Å². The van der Waals surface area contributed by atoms with E-state index in [9.17, 15) is 9.59 Å². The number of carboxylic acid groups (broad SMARTS) is 1. The highest BCUT2D eigenvalue weighted by Gasteiger charge is 2.28. The lowest BCUT2D eigenvalue weighted by atomic mass is 10.0. The van der Waals surface area contributed by atoms with Crippen LogP contribution in [-0.2, 0) is 17.6 Å². The van der Waals surface area contributed by atoms with Gasteiger partial charge in [0.1, 0.15) is 12.2 Å². The van der Waals surface area contributed by atoms with Crippen molar-refractivity contribution >= 4 is 17.6 Å². The average Bonchev–Trinajstić information content (AvgIpc) is 3.64. The number of benzene rings is 2. The summed E-state index contributed by atoms with van der Waals surface area (Å²) in [5, 5.41) is 21.0. The van der Waals surface area contributed by atoms with Crippen molar-refractivity contribution in [2.75, 3.05) is 0 Å². The van der Waals surface area contributed by atoms with Gasteiger partial charge in [-0.2, -0.15) is 4.68 Å². The predicted octanol–water partition coefficient (Wildman–Crippen LogP) is 3.70. The van der Waals surface area contributed by atoms with E-state index in [1.54, 1.807) is 35.0 Å². The van der Waals surface area contributed by atoms with Crippen molar-refractivity contribution in [3.05, 3.63) is 99.6 Å². The molecule has 0 amide bonds. The molecule has 5 aromatic rings. The summed E-state index contributed by atoms with van der Waals surface area (Å²) >= 11 is 6.29. The molecule has 2 N–H and O–H groups in total. The van der Waals surface area contributed by atoms with Crippen molar-refractivity contribution in [2.24, 2.45) is 0 Å². The number of nitrogens with one attached hydrogen (secondary N) is 1. The quantitative estimate of drug-likeness (QED) is 0.354. The molecule has 1 atom stereocenters. The first-order valence-corrected chi connectivity index (χ1v) is 12.0. The summed E-state index contributed by atoms with van der Waals surface area (Å²) in [5.74, 6) is -0.198. The maximum atomic E-state index is 13.4. The summed E-state index contributed by atoms with van der Waals surface area (Å²) in [6.07, 6.45) is 4.59. The van der Waals surface area contributed by atoms with Gasteiger partial charge in [-0.1, -0.05) is 29.8 Å². The van der Waals surface area contributed by atoms with Gasteiger partial charge in [0.15, 0.2) is 0 Å². The Morgan fingerprint density at radius 3 is 2.84 bits per heavy atom. The van der Waals surface area contributed by atoms with E-state index in [1.165, 1.54) is 11.0 Å². The van der Waals surface area contributed by atoms with E-state index in [1.807, 2.05) is 30.3 Å². The largest absolute Gasteiger partial charge is 0.481 e. The monoisotopic (exact) mass is 513 g/mol. The molecule has 0 radical (unpaired) electrons. The topological polar surface area (TPSA) is 132 Å². The van der Waals surface area contributed by atoms with Gasteiger partial charge < -0.3 is 14.7 Å². The van der Waals surface area contributed by atoms with E-state index in [0.717, 1.165) is 34.5 Å². The number of aromatic nitrogens is 7. The molecule has 6 rings (SSSR count). The van der Waals surface area contributed by atoms with E-state index < -0.39 is 5.97 Å². The minimum absolute atomic E-state index is 0.0513. The van der Waals surface area contributed by atoms with Crippen LogP contribution in [0, 0.1) is 0 Å². The zero-order valence-electron chi connectivity index (χ0n) is 19.4. The number of tetrazole rings is 1. The average molecular weight is 514 g/mol. The fourth-order valence-corrected chi connectivity index (χ4v) is 5.07. The number of carboxylic acids is 1. The predicted molar refractivity (Wildman–Crippen MR) is 136 cm³/mol. The minimum Gasteiger partial charge on any atom is -0.481 e. The summed E-state index contributed by atoms with van der Waals surface area (Å²) in [6.45, 7) is 0. The van der Waals surface area contributed by atoms with Gasteiger partial charge >= 0.3 is 5.97 Å². The number of aliphatic carboxylic acids is 1. The van der Waals surface area contributed by atoms with Gasteiger partial charge in [0.25, 0.3) is 5.56 Å². The van der Waals surface area contributed by atoms with Crippen molar-refractivity contribution in [2.45, 2.75) is 25.3 Å². The van der Waals surface area contributed by atoms with Crippen molar-refractivity contribution in [3.63, 3.8) is 0 Å². The van der Waals surface area contributed by atoms with Crippen LogP contribution in [0.3, 0.4) is 0 Å². The summed E-state index contributed by atoms with van der Waals surface area (Å²) in [6, 6.07) is 16.1. The summed E-state index contributed by atoms with van der Waals surface area (Å²) in [7, 11) is 0. The fourth-order valence-electron chi connectivity index (χ4n) is 4.90. The second-order valence-electron chi connectivity index (χ2n) is 8.87. The van der Waals surface area contributed by atoms with Crippen LogP contribution in [0.5, 0.6) is 0 Å². The van der Waals surface area contributed by atoms with E-state index in [4.69, 9.17) is 16.7 Å². The van der Waals surface area contributed by atoms with E-state index in [-0.39, 0.29) is 18.0 Å². The molecule has 0 saturated heterocycles. The number of rotatable bonds is 6. The zero-order chi connectivity index (χ0) is 25.5. The summed E-state index contributed by atoms with van der Waals surface area (Å²) in [5.41, 5.74) is 5.29. The number of H-pyrrole nitrogens is 1. The number of aryl methyl sites for hydroxylation is 1. The van der Waals surface area contributed by atoms with Gasteiger partial charge in [-0.3, -0.25) is 9.59 Å². The Morgan fingerprint density at radius 2 is 2.03 bits per heavy atom. The smallest absolute Gasteiger partial charge is 0.307 e. The molecule has 184 valence electrons. The van der Waals surface area contributed by atoms with Crippen molar-refractivity contribution in [1.29, 1.82) is 0 Å². The SMILES string of the molecule is O=C(O)Cc1cccc(-c2cnc(C3CCc4cc(-c5cc(Cl)ccc5-n5cnnn5)cc(=O)n43)[nH]2)c1. The second kappa shape index (κ2) is 9.14. The normalized spacial score (nSPS) is 14.6. The molecule has 1 aliphatic heterocycles. The number of hydrogen-bond donors (Lipinski definition) is 2. The third-order valence-electron chi connectivity index (χ3n) is 6.50. The highest BCUT2D eigenvalue weighted by molar-refractivity contribution is 6.31. The molecule has 1 aliphatic rings. The number of nitrogens with zero attached hydrogens (tertiary/aromatic N) is 6. The van der Waals surface area contributed by atoms with Crippen LogP contribution >= 0.6 is 11.6 Å². The number of aromatic amines is 1. The molecule has 2 aromatic carbocycles. The maximum absolute atomic E-state index is 13.4. The Labute approximate surface area is 215 Å². The summed E-state index contributed by atoms with van der Waals surface area (Å²) in [4.78, 5) is 32.4. The molecule has 4 heterocycles. The lowest BCUT2D eigenvalue weighted by molar-refractivity contribution is -0.136. The zero-order valence-corrected chi connectivity index (χ0v) is 20.1. The van der Waals surface area contributed by atoms with Crippen LogP contribution < -0.4 is 5.56 Å². The highest BCUT2D eigenvalue weighted by atomic mass is 35.5. The molecule has 1 unspecified atom stereocenters.